The van der Waals surface area contributed by atoms with Crippen molar-refractivity contribution in [2.75, 3.05) is 32.7 Å². The van der Waals surface area contributed by atoms with E-state index in [1.165, 1.54) is 19.4 Å². The number of amides is 1. The summed E-state index contributed by atoms with van der Waals surface area (Å²) >= 11 is 4.29. The Morgan fingerprint density at radius 3 is 2.58 bits per heavy atom. The maximum Gasteiger partial charge on any atom is 0.253 e. The standard InChI is InChI=1S/C15H20N2OS/c18-15(13-2-1-3-14(19)10-13)17-8-6-16(7-9-17)11-12-4-5-12/h1-3,10,12,19H,4-9,11H2. The van der Waals surface area contributed by atoms with Crippen LogP contribution in [0.2, 0.25) is 0 Å². The predicted molar refractivity (Wildman–Crippen MR) is 78.8 cm³/mol. The SMILES string of the molecule is O=C(c1cccc(S)c1)N1CCN(CC2CC2)CC1. The third-order valence-electron chi connectivity index (χ3n) is 3.97. The summed E-state index contributed by atoms with van der Waals surface area (Å²) in [5, 5.41) is 0. The van der Waals surface area contributed by atoms with E-state index in [1.807, 2.05) is 29.2 Å². The molecule has 1 aromatic carbocycles. The minimum Gasteiger partial charge on any atom is -0.336 e. The molecule has 4 heteroatoms. The first-order valence-electron chi connectivity index (χ1n) is 7.03. The number of nitrogens with zero attached hydrogens (tertiary/aromatic N) is 2. The zero-order valence-corrected chi connectivity index (χ0v) is 12.0. The van der Waals surface area contributed by atoms with Crippen LogP contribution >= 0.6 is 12.6 Å². The third-order valence-corrected chi connectivity index (χ3v) is 4.24. The van der Waals surface area contributed by atoms with Crippen LogP contribution in [-0.2, 0) is 0 Å². The number of piperazine rings is 1. The molecule has 3 rings (SSSR count). The van der Waals surface area contributed by atoms with E-state index in [0.29, 0.717) is 0 Å². The van der Waals surface area contributed by atoms with E-state index in [9.17, 15) is 4.79 Å². The summed E-state index contributed by atoms with van der Waals surface area (Å²) in [5.41, 5.74) is 0.753. The average Bonchev–Trinajstić information content (AvgIpc) is 3.23. The summed E-state index contributed by atoms with van der Waals surface area (Å²) in [6, 6.07) is 7.51. The zero-order valence-electron chi connectivity index (χ0n) is 11.1. The highest BCUT2D eigenvalue weighted by Crippen LogP contribution is 2.30. The summed E-state index contributed by atoms with van der Waals surface area (Å²) in [7, 11) is 0. The number of rotatable bonds is 3. The molecule has 1 aliphatic heterocycles. The van der Waals surface area contributed by atoms with Gasteiger partial charge in [-0.3, -0.25) is 9.69 Å². The van der Waals surface area contributed by atoms with Gasteiger partial charge in [0.1, 0.15) is 0 Å². The van der Waals surface area contributed by atoms with Crippen LogP contribution in [0.3, 0.4) is 0 Å². The molecule has 102 valence electrons. The molecule has 1 saturated heterocycles. The van der Waals surface area contributed by atoms with Crippen molar-refractivity contribution in [2.24, 2.45) is 5.92 Å². The van der Waals surface area contributed by atoms with Gasteiger partial charge in [0.2, 0.25) is 0 Å². The van der Waals surface area contributed by atoms with Crippen molar-refractivity contribution < 1.29 is 4.79 Å². The maximum absolute atomic E-state index is 12.4. The molecule has 0 N–H and O–H groups in total. The van der Waals surface area contributed by atoms with Crippen molar-refractivity contribution in [3.05, 3.63) is 29.8 Å². The van der Waals surface area contributed by atoms with Crippen LogP contribution in [0, 0.1) is 5.92 Å². The quantitative estimate of drug-likeness (QED) is 0.855. The number of benzene rings is 1. The molecule has 0 atom stereocenters. The van der Waals surface area contributed by atoms with E-state index < -0.39 is 0 Å². The fourth-order valence-corrected chi connectivity index (χ4v) is 2.85. The molecule has 1 heterocycles. The lowest BCUT2D eigenvalue weighted by Gasteiger charge is -2.34. The first-order valence-corrected chi connectivity index (χ1v) is 7.48. The number of thiol groups is 1. The Bertz CT molecular complexity index is 465. The van der Waals surface area contributed by atoms with Gasteiger partial charge in [0.15, 0.2) is 0 Å². The Balaban J connectivity index is 1.56. The van der Waals surface area contributed by atoms with Crippen molar-refractivity contribution >= 4 is 18.5 Å². The van der Waals surface area contributed by atoms with E-state index in [4.69, 9.17) is 0 Å². The molecule has 1 amide bonds. The van der Waals surface area contributed by atoms with Crippen molar-refractivity contribution in [3.8, 4) is 0 Å². The smallest absolute Gasteiger partial charge is 0.253 e. The Morgan fingerprint density at radius 2 is 1.95 bits per heavy atom. The molecule has 3 nitrogen and oxygen atoms in total. The van der Waals surface area contributed by atoms with E-state index in [0.717, 1.165) is 42.6 Å². The fourth-order valence-electron chi connectivity index (χ4n) is 2.62. The molecular weight excluding hydrogens is 256 g/mol. The number of hydrogen-bond acceptors (Lipinski definition) is 3. The Hall–Kier alpha value is -1.00. The van der Waals surface area contributed by atoms with Gasteiger partial charge < -0.3 is 4.90 Å². The fraction of sp³-hybridized carbons (Fsp3) is 0.533. The summed E-state index contributed by atoms with van der Waals surface area (Å²) in [6.07, 6.45) is 2.79. The topological polar surface area (TPSA) is 23.6 Å². The molecule has 2 aliphatic rings. The van der Waals surface area contributed by atoms with E-state index in [1.54, 1.807) is 0 Å². The summed E-state index contributed by atoms with van der Waals surface area (Å²) < 4.78 is 0. The highest BCUT2D eigenvalue weighted by molar-refractivity contribution is 7.80. The number of carbonyl (C=O) groups excluding carboxylic acids is 1. The van der Waals surface area contributed by atoms with Gasteiger partial charge in [-0.05, 0) is 37.0 Å². The van der Waals surface area contributed by atoms with Crippen LogP contribution in [0.5, 0.6) is 0 Å². The van der Waals surface area contributed by atoms with Gasteiger partial charge in [0, 0.05) is 43.2 Å². The maximum atomic E-state index is 12.4. The van der Waals surface area contributed by atoms with Gasteiger partial charge in [-0.1, -0.05) is 6.07 Å². The highest BCUT2D eigenvalue weighted by Gasteiger charge is 2.27. The van der Waals surface area contributed by atoms with Crippen LogP contribution in [0.4, 0.5) is 0 Å². The van der Waals surface area contributed by atoms with E-state index in [-0.39, 0.29) is 5.91 Å². The number of hydrogen-bond donors (Lipinski definition) is 1. The van der Waals surface area contributed by atoms with Crippen LogP contribution in [0.1, 0.15) is 23.2 Å². The molecule has 2 fully saturated rings. The lowest BCUT2D eigenvalue weighted by Crippen LogP contribution is -2.49. The van der Waals surface area contributed by atoms with Gasteiger partial charge in [-0.2, -0.15) is 0 Å². The second-order valence-electron chi connectivity index (χ2n) is 5.59. The molecule has 0 bridgehead atoms. The second-order valence-corrected chi connectivity index (χ2v) is 6.10. The Morgan fingerprint density at radius 1 is 1.21 bits per heavy atom. The third kappa shape index (κ3) is 3.31. The molecule has 0 unspecified atom stereocenters. The Kier molecular flexibility index (Phi) is 3.80. The predicted octanol–water partition coefficient (Wildman–Crippen LogP) is 2.14. The monoisotopic (exact) mass is 276 g/mol. The van der Waals surface area contributed by atoms with E-state index >= 15 is 0 Å². The molecular formula is C15H20N2OS. The molecule has 19 heavy (non-hydrogen) atoms. The number of carbonyl (C=O) groups is 1. The van der Waals surface area contributed by atoms with Crippen LogP contribution < -0.4 is 0 Å². The minimum absolute atomic E-state index is 0.141. The van der Waals surface area contributed by atoms with Gasteiger partial charge in [-0.15, -0.1) is 12.6 Å². The average molecular weight is 276 g/mol. The summed E-state index contributed by atoms with van der Waals surface area (Å²) in [5.74, 6) is 1.07. The van der Waals surface area contributed by atoms with Crippen molar-refractivity contribution in [3.63, 3.8) is 0 Å². The largest absolute Gasteiger partial charge is 0.336 e. The molecule has 0 radical (unpaired) electrons. The van der Waals surface area contributed by atoms with Gasteiger partial charge >= 0.3 is 0 Å². The normalized spacial score (nSPS) is 20.6. The molecule has 0 aromatic heterocycles. The zero-order chi connectivity index (χ0) is 13.2. The first kappa shape index (κ1) is 13.0. The van der Waals surface area contributed by atoms with Crippen molar-refractivity contribution in [1.29, 1.82) is 0 Å². The lowest BCUT2D eigenvalue weighted by molar-refractivity contribution is 0.0632. The van der Waals surface area contributed by atoms with Crippen molar-refractivity contribution in [1.82, 2.24) is 9.80 Å². The second kappa shape index (κ2) is 5.55. The van der Waals surface area contributed by atoms with E-state index in [2.05, 4.69) is 17.5 Å². The van der Waals surface area contributed by atoms with Gasteiger partial charge in [0.05, 0.1) is 0 Å². The summed E-state index contributed by atoms with van der Waals surface area (Å²) in [6.45, 7) is 4.96. The van der Waals surface area contributed by atoms with Crippen molar-refractivity contribution in [2.45, 2.75) is 17.7 Å². The molecule has 1 aliphatic carbocycles. The van der Waals surface area contributed by atoms with Crippen LogP contribution in [0.25, 0.3) is 0 Å². The molecule has 1 aromatic rings. The molecule has 1 saturated carbocycles. The first-order chi connectivity index (χ1) is 9.22. The van der Waals surface area contributed by atoms with Crippen LogP contribution in [-0.4, -0.2) is 48.4 Å². The Labute approximate surface area is 120 Å². The lowest BCUT2D eigenvalue weighted by atomic mass is 10.2. The molecule has 0 spiro atoms. The summed E-state index contributed by atoms with van der Waals surface area (Å²) in [4.78, 5) is 17.7. The van der Waals surface area contributed by atoms with Crippen LogP contribution in [0.15, 0.2) is 29.2 Å². The highest BCUT2D eigenvalue weighted by atomic mass is 32.1. The van der Waals surface area contributed by atoms with Gasteiger partial charge in [0.25, 0.3) is 5.91 Å². The minimum atomic E-state index is 0.141. The van der Waals surface area contributed by atoms with Gasteiger partial charge in [-0.25, -0.2) is 0 Å².